The van der Waals surface area contributed by atoms with Gasteiger partial charge in [-0.25, -0.2) is 4.39 Å². The number of hydrogen-bond acceptors (Lipinski definition) is 8. The molecule has 4 atom stereocenters. The van der Waals surface area contributed by atoms with Crippen LogP contribution >= 0.6 is 11.8 Å². The number of halogens is 4. The average molecular weight is 604 g/mol. The van der Waals surface area contributed by atoms with Crippen LogP contribution in [0.5, 0.6) is 11.8 Å². The Morgan fingerprint density at radius 2 is 1.93 bits per heavy atom. The van der Waals surface area contributed by atoms with E-state index in [0.717, 1.165) is 76.5 Å². The van der Waals surface area contributed by atoms with E-state index < -0.39 is 11.3 Å². The van der Waals surface area contributed by atoms with Crippen LogP contribution in [0, 0.1) is 23.6 Å². The lowest BCUT2D eigenvalue weighted by molar-refractivity contribution is -0.0328. The summed E-state index contributed by atoms with van der Waals surface area (Å²) in [6.45, 7) is 6.27. The maximum atomic E-state index is 16.4. The largest absolute Gasteiger partial charge is 0.508 e. The van der Waals surface area contributed by atoms with Crippen LogP contribution in [-0.4, -0.2) is 68.8 Å². The number of rotatable bonds is 6. The van der Waals surface area contributed by atoms with Gasteiger partial charge in [-0.2, -0.15) is 23.1 Å². The minimum atomic E-state index is -4.60. The van der Waals surface area contributed by atoms with Gasteiger partial charge in [0, 0.05) is 36.3 Å². The predicted octanol–water partition coefficient (Wildman–Crippen LogP) is 6.64. The molecule has 2 bridgehead atoms. The number of anilines is 1. The van der Waals surface area contributed by atoms with Crippen LogP contribution in [0.25, 0.3) is 22.2 Å². The molecule has 0 spiro atoms. The first kappa shape index (κ1) is 27.9. The molecular formula is C30H33F4N5O2S. The maximum absolute atomic E-state index is 16.4. The van der Waals surface area contributed by atoms with Crippen LogP contribution in [0.3, 0.4) is 0 Å². The van der Waals surface area contributed by atoms with Gasteiger partial charge in [0.15, 0.2) is 5.82 Å². The van der Waals surface area contributed by atoms with Crippen LogP contribution in [-0.2, 0) is 0 Å². The summed E-state index contributed by atoms with van der Waals surface area (Å²) < 4.78 is 62.7. The van der Waals surface area contributed by atoms with Crippen LogP contribution in [0.1, 0.15) is 45.4 Å². The first-order valence-electron chi connectivity index (χ1n) is 14.6. The standard InChI is InChI=1S/C30H33F4N5O2S/c1-17-11-29(7-2-8-39(29)13-17)16-41-28-36-26-22(27(37-28)38-14-18-3-4-19(9-18)15-38)12-35-25(24(26)31)21-10-20(40)5-6-23(21)42-30(32,33)34/h5-6,10,12,17-19,40H,2-4,7-9,11,13-16H2,1H3/t17-,18?,19?,29+/m1/s1. The highest BCUT2D eigenvalue weighted by Gasteiger charge is 2.48. The number of aromatic hydroxyl groups is 1. The summed E-state index contributed by atoms with van der Waals surface area (Å²) in [5, 5.41) is 10.5. The summed E-state index contributed by atoms with van der Waals surface area (Å²) in [5.41, 5.74) is -5.21. The molecule has 1 aromatic carbocycles. The zero-order valence-corrected chi connectivity index (χ0v) is 24.1. The molecule has 1 aliphatic carbocycles. The second-order valence-corrected chi connectivity index (χ2v) is 13.7. The molecule has 12 heteroatoms. The lowest BCUT2D eigenvalue weighted by atomic mass is 9.92. The molecule has 0 radical (unpaired) electrons. The second-order valence-electron chi connectivity index (χ2n) is 12.6. The number of hydrogen-bond donors (Lipinski definition) is 1. The van der Waals surface area contributed by atoms with Gasteiger partial charge in [0.25, 0.3) is 0 Å². The van der Waals surface area contributed by atoms with Gasteiger partial charge < -0.3 is 14.7 Å². The summed E-state index contributed by atoms with van der Waals surface area (Å²) in [4.78, 5) is 18.0. The van der Waals surface area contributed by atoms with Gasteiger partial charge in [-0.05, 0) is 92.8 Å². The first-order chi connectivity index (χ1) is 20.1. The molecule has 3 saturated heterocycles. The van der Waals surface area contributed by atoms with Gasteiger partial charge in [-0.1, -0.05) is 6.92 Å². The average Bonchev–Trinajstić information content (AvgIpc) is 3.58. The Hall–Kier alpha value is -2.86. The van der Waals surface area contributed by atoms with E-state index in [1.165, 1.54) is 12.6 Å². The first-order valence-corrected chi connectivity index (χ1v) is 15.5. The van der Waals surface area contributed by atoms with Gasteiger partial charge in [-0.15, -0.1) is 0 Å². The molecule has 2 aromatic heterocycles. The number of phenolic OH excluding ortho intramolecular Hbond substituents is 1. The van der Waals surface area contributed by atoms with Crippen LogP contribution in [0.4, 0.5) is 23.4 Å². The van der Waals surface area contributed by atoms with Crippen molar-refractivity contribution in [3.05, 3.63) is 30.2 Å². The number of nitrogens with zero attached hydrogens (tertiary/aromatic N) is 5. The number of aromatic nitrogens is 3. The van der Waals surface area contributed by atoms with E-state index in [1.807, 2.05) is 0 Å². The monoisotopic (exact) mass is 603 g/mol. The van der Waals surface area contributed by atoms with E-state index in [1.54, 1.807) is 0 Å². The van der Waals surface area contributed by atoms with Crippen LogP contribution < -0.4 is 9.64 Å². The quantitative estimate of drug-likeness (QED) is 0.248. The molecule has 3 aliphatic heterocycles. The summed E-state index contributed by atoms with van der Waals surface area (Å²) >= 11 is -0.376. The molecule has 42 heavy (non-hydrogen) atoms. The van der Waals surface area contributed by atoms with E-state index in [2.05, 4.69) is 26.7 Å². The minimum absolute atomic E-state index is 0.0511. The van der Waals surface area contributed by atoms with Crippen molar-refractivity contribution in [3.8, 4) is 23.0 Å². The fraction of sp³-hybridized carbons (Fsp3) is 0.567. The van der Waals surface area contributed by atoms with Crippen molar-refractivity contribution in [2.24, 2.45) is 17.8 Å². The molecule has 7 rings (SSSR count). The SMILES string of the molecule is C[C@H]1CN2CCC[C@@]2(COc2nc(N3CC4CCC(C4)C3)c3cnc(-c4cc(O)ccc4SC(F)(F)F)c(F)c3n2)C1. The Labute approximate surface area is 245 Å². The summed E-state index contributed by atoms with van der Waals surface area (Å²) in [6, 6.07) is 3.42. The third-order valence-electron chi connectivity index (χ3n) is 9.47. The van der Waals surface area contributed by atoms with Gasteiger partial charge in [0.2, 0.25) is 0 Å². The fourth-order valence-corrected chi connectivity index (χ4v) is 8.48. The zero-order chi connectivity index (χ0) is 29.2. The molecule has 2 unspecified atom stereocenters. The molecule has 4 aliphatic rings. The van der Waals surface area contributed by atoms with Crippen molar-refractivity contribution in [2.75, 3.05) is 37.7 Å². The molecule has 5 heterocycles. The molecular weight excluding hydrogens is 570 g/mol. The number of fused-ring (bicyclic) bond motifs is 4. The van der Waals surface area contributed by atoms with E-state index in [4.69, 9.17) is 9.72 Å². The summed E-state index contributed by atoms with van der Waals surface area (Å²) in [6.07, 6.45) is 8.05. The number of pyridine rings is 1. The highest BCUT2D eigenvalue weighted by Crippen LogP contribution is 2.45. The lowest BCUT2D eigenvalue weighted by Crippen LogP contribution is -2.43. The Kier molecular flexibility index (Phi) is 6.92. The Morgan fingerprint density at radius 3 is 2.69 bits per heavy atom. The van der Waals surface area contributed by atoms with Crippen molar-refractivity contribution in [3.63, 3.8) is 0 Å². The van der Waals surface area contributed by atoms with Gasteiger partial charge >= 0.3 is 11.5 Å². The number of piperidine rings is 1. The van der Waals surface area contributed by atoms with Crippen molar-refractivity contribution in [1.29, 1.82) is 0 Å². The van der Waals surface area contributed by atoms with Gasteiger partial charge in [0.05, 0.1) is 10.9 Å². The van der Waals surface area contributed by atoms with E-state index in [9.17, 15) is 18.3 Å². The Morgan fingerprint density at radius 1 is 1.14 bits per heavy atom. The topological polar surface area (TPSA) is 74.6 Å². The summed E-state index contributed by atoms with van der Waals surface area (Å²) in [7, 11) is 0. The molecule has 0 amide bonds. The Bertz CT molecular complexity index is 1510. The fourth-order valence-electron chi connectivity index (χ4n) is 7.83. The number of thioether (sulfide) groups is 1. The number of alkyl halides is 3. The number of phenols is 1. The van der Waals surface area contributed by atoms with Gasteiger partial charge in [0.1, 0.15) is 29.4 Å². The predicted molar refractivity (Wildman–Crippen MR) is 152 cm³/mol. The summed E-state index contributed by atoms with van der Waals surface area (Å²) in [5.74, 6) is 1.02. The van der Waals surface area contributed by atoms with E-state index in [-0.39, 0.29) is 50.7 Å². The normalized spacial score (nSPS) is 27.6. The van der Waals surface area contributed by atoms with Crippen molar-refractivity contribution in [2.45, 2.75) is 61.4 Å². The third-order valence-corrected chi connectivity index (χ3v) is 10.3. The maximum Gasteiger partial charge on any atom is 0.446 e. The molecule has 224 valence electrons. The lowest BCUT2D eigenvalue weighted by Gasteiger charge is -2.34. The number of ether oxygens (including phenoxy) is 1. The number of benzene rings is 1. The molecule has 1 saturated carbocycles. The second kappa shape index (κ2) is 10.4. The van der Waals surface area contributed by atoms with Crippen molar-refractivity contribution in [1.82, 2.24) is 19.9 Å². The smallest absolute Gasteiger partial charge is 0.446 e. The Balaban J connectivity index is 1.32. The van der Waals surface area contributed by atoms with Crippen LogP contribution in [0.15, 0.2) is 29.3 Å². The molecule has 7 nitrogen and oxygen atoms in total. The third kappa shape index (κ3) is 5.14. The van der Waals surface area contributed by atoms with Crippen molar-refractivity contribution < 1.29 is 27.4 Å². The van der Waals surface area contributed by atoms with Crippen LogP contribution in [0.2, 0.25) is 0 Å². The van der Waals surface area contributed by atoms with Gasteiger partial charge in [-0.3, -0.25) is 9.88 Å². The highest BCUT2D eigenvalue weighted by molar-refractivity contribution is 8.00. The van der Waals surface area contributed by atoms with E-state index >= 15 is 4.39 Å². The highest BCUT2D eigenvalue weighted by atomic mass is 32.2. The zero-order valence-electron chi connectivity index (χ0n) is 23.3. The van der Waals surface area contributed by atoms with E-state index in [0.29, 0.717) is 35.6 Å². The minimum Gasteiger partial charge on any atom is -0.508 e. The molecule has 4 fully saturated rings. The molecule has 3 aromatic rings. The van der Waals surface area contributed by atoms with Crippen molar-refractivity contribution >= 4 is 28.5 Å². The molecule has 1 N–H and O–H groups in total.